The Balaban J connectivity index is 1.04. The number of nitrogens with two attached hydrogens (primary N) is 1. The molecular formula is C31H32IN3O5S2. The van der Waals surface area contributed by atoms with E-state index in [2.05, 4.69) is 46.9 Å². The number of pyridine rings is 1. The van der Waals surface area contributed by atoms with Crippen molar-refractivity contribution in [1.29, 1.82) is 0 Å². The number of rotatable bonds is 8. The van der Waals surface area contributed by atoms with Crippen LogP contribution in [0.2, 0.25) is 0 Å². The highest BCUT2D eigenvalue weighted by Crippen LogP contribution is 2.38. The van der Waals surface area contributed by atoms with Crippen molar-refractivity contribution < 1.29 is 23.8 Å². The van der Waals surface area contributed by atoms with Gasteiger partial charge in [-0.1, -0.05) is 39.3 Å². The maximum absolute atomic E-state index is 12.7. The van der Waals surface area contributed by atoms with Crippen LogP contribution in [-0.4, -0.2) is 59.9 Å². The van der Waals surface area contributed by atoms with E-state index in [0.29, 0.717) is 42.6 Å². The summed E-state index contributed by atoms with van der Waals surface area (Å²) in [5, 5.41) is 0. The van der Waals surface area contributed by atoms with Gasteiger partial charge in [-0.3, -0.25) is 4.98 Å². The third kappa shape index (κ3) is 8.13. The maximum Gasteiger partial charge on any atom is 0.513 e. The number of ether oxygens (including phenoxy) is 3. The molecule has 1 saturated heterocycles. The molecule has 220 valence electrons. The summed E-state index contributed by atoms with van der Waals surface area (Å²) >= 11 is 2.38. The van der Waals surface area contributed by atoms with Gasteiger partial charge in [0.1, 0.15) is 19.0 Å². The second-order valence-corrected chi connectivity index (χ2v) is 13.8. The van der Waals surface area contributed by atoms with Gasteiger partial charge in [0.05, 0.1) is 5.69 Å². The van der Waals surface area contributed by atoms with Crippen molar-refractivity contribution in [2.45, 2.75) is 25.7 Å². The minimum Gasteiger partial charge on any atom is -0.449 e. The zero-order chi connectivity index (χ0) is 29.3. The average molecular weight is 718 g/mol. The third-order valence-corrected chi connectivity index (χ3v) is 10.1. The molecule has 0 bridgehead atoms. The monoisotopic (exact) mass is 717 g/mol. The lowest BCUT2D eigenvalue weighted by Gasteiger charge is -2.29. The molecule has 1 aliphatic carbocycles. The number of anilines is 1. The van der Waals surface area contributed by atoms with Gasteiger partial charge in [0, 0.05) is 45.6 Å². The van der Waals surface area contributed by atoms with Crippen LogP contribution in [0.3, 0.4) is 0 Å². The summed E-state index contributed by atoms with van der Waals surface area (Å²) < 4.78 is 16.9. The Labute approximate surface area is 267 Å². The minimum absolute atomic E-state index is 0.223. The lowest BCUT2D eigenvalue weighted by Crippen LogP contribution is -2.37. The first kappa shape index (κ1) is 30.6. The maximum atomic E-state index is 12.7. The summed E-state index contributed by atoms with van der Waals surface area (Å²) in [6, 6.07) is 17.4. The molecule has 2 heterocycles. The summed E-state index contributed by atoms with van der Waals surface area (Å²) in [4.78, 5) is 31.1. The van der Waals surface area contributed by atoms with Crippen molar-refractivity contribution in [3.05, 3.63) is 92.3 Å². The van der Waals surface area contributed by atoms with Crippen molar-refractivity contribution in [1.82, 2.24) is 9.88 Å². The fourth-order valence-electron chi connectivity index (χ4n) is 5.04. The van der Waals surface area contributed by atoms with Crippen molar-refractivity contribution >= 4 is 67.7 Å². The van der Waals surface area contributed by atoms with Crippen molar-refractivity contribution in [3.63, 3.8) is 0 Å². The van der Waals surface area contributed by atoms with Gasteiger partial charge in [-0.25, -0.2) is 9.59 Å². The molecule has 8 nitrogen and oxygen atoms in total. The first-order valence-electron chi connectivity index (χ1n) is 13.8. The molecule has 1 aromatic heterocycles. The Morgan fingerprint density at radius 3 is 2.38 bits per heavy atom. The van der Waals surface area contributed by atoms with Crippen LogP contribution in [0.5, 0.6) is 5.75 Å². The van der Waals surface area contributed by atoms with E-state index in [9.17, 15) is 9.59 Å². The lowest BCUT2D eigenvalue weighted by atomic mass is 9.88. The highest BCUT2D eigenvalue weighted by Gasteiger charge is 2.27. The van der Waals surface area contributed by atoms with E-state index in [1.54, 1.807) is 50.8 Å². The van der Waals surface area contributed by atoms with Crippen LogP contribution in [-0.2, 0) is 22.3 Å². The summed E-state index contributed by atoms with van der Waals surface area (Å²) in [5.41, 5.74) is 13.8. The Kier molecular flexibility index (Phi) is 10.9. The second-order valence-electron chi connectivity index (χ2n) is 9.81. The van der Waals surface area contributed by atoms with Gasteiger partial charge in [0.25, 0.3) is 0 Å². The molecule has 3 aromatic rings. The standard InChI is InChI=1S/C31H32IN3O5S2/c32-24-5-10-27-23(20-24)4-3-22-2-1-13-34-29(22)28(27)21-11-14-35(15-12-21)30(36)38-16-18-41-42-19-17-39-31(37)40-26-8-6-25(33)7-9-26/h1-2,5-10,13,20H,3-4,11-12,14-19,33H2. The molecule has 0 atom stereocenters. The van der Waals surface area contributed by atoms with Crippen molar-refractivity contribution in [2.24, 2.45) is 0 Å². The van der Waals surface area contributed by atoms with Gasteiger partial charge in [-0.2, -0.15) is 0 Å². The number of nitrogens with zero attached hydrogens (tertiary/aromatic N) is 2. The summed E-state index contributed by atoms with van der Waals surface area (Å²) in [6.45, 7) is 1.81. The predicted molar refractivity (Wildman–Crippen MR) is 177 cm³/mol. The molecular weight excluding hydrogens is 685 g/mol. The highest BCUT2D eigenvalue weighted by molar-refractivity contribution is 14.1. The van der Waals surface area contributed by atoms with Crippen LogP contribution in [0.4, 0.5) is 15.3 Å². The van der Waals surface area contributed by atoms with E-state index < -0.39 is 6.16 Å². The van der Waals surface area contributed by atoms with Gasteiger partial charge in [-0.05, 0) is 107 Å². The molecule has 1 amide bonds. The minimum atomic E-state index is -0.752. The average Bonchev–Trinajstić information content (AvgIpc) is 3.16. The number of aromatic nitrogens is 1. The smallest absolute Gasteiger partial charge is 0.449 e. The normalized spacial score (nSPS) is 14.5. The molecule has 5 rings (SSSR count). The quantitative estimate of drug-likeness (QED) is 0.0659. The van der Waals surface area contributed by atoms with E-state index in [1.165, 1.54) is 31.4 Å². The summed E-state index contributed by atoms with van der Waals surface area (Å²) in [7, 11) is 3.12. The molecule has 0 unspecified atom stereocenters. The first-order valence-corrected chi connectivity index (χ1v) is 17.4. The van der Waals surface area contributed by atoms with E-state index in [-0.39, 0.29) is 12.7 Å². The third-order valence-electron chi connectivity index (χ3n) is 7.05. The Morgan fingerprint density at radius 1 is 0.905 bits per heavy atom. The van der Waals surface area contributed by atoms with Crippen LogP contribution in [0.15, 0.2) is 66.4 Å². The number of halogens is 1. The van der Waals surface area contributed by atoms with Gasteiger partial charge >= 0.3 is 12.2 Å². The molecule has 2 aromatic carbocycles. The Hall–Kier alpha value is -2.90. The lowest BCUT2D eigenvalue weighted by molar-refractivity contribution is 0.104. The number of likely N-dealkylation sites (tertiary alicyclic amines) is 1. The number of aryl methyl sites for hydroxylation is 2. The number of hydrogen-bond donors (Lipinski definition) is 1. The van der Waals surface area contributed by atoms with Crippen LogP contribution < -0.4 is 10.5 Å². The van der Waals surface area contributed by atoms with Crippen LogP contribution in [0.1, 0.15) is 35.2 Å². The fraction of sp³-hybridized carbons (Fsp3) is 0.323. The molecule has 0 radical (unpaired) electrons. The molecule has 2 N–H and O–H groups in total. The molecule has 0 spiro atoms. The molecule has 0 saturated carbocycles. The first-order chi connectivity index (χ1) is 20.5. The molecule has 1 fully saturated rings. The van der Waals surface area contributed by atoms with Crippen LogP contribution >= 0.6 is 44.2 Å². The largest absolute Gasteiger partial charge is 0.513 e. The number of hydrogen-bond acceptors (Lipinski definition) is 9. The number of benzene rings is 2. The van der Waals surface area contributed by atoms with Gasteiger partial charge in [0.15, 0.2) is 0 Å². The fourth-order valence-corrected chi connectivity index (χ4v) is 7.24. The van der Waals surface area contributed by atoms with E-state index in [0.717, 1.165) is 31.4 Å². The van der Waals surface area contributed by atoms with E-state index >= 15 is 0 Å². The number of carbonyl (C=O) groups is 2. The highest BCUT2D eigenvalue weighted by atomic mass is 127. The topological polar surface area (TPSA) is 104 Å². The number of amides is 1. The number of carbonyl (C=O) groups excluding carboxylic acids is 2. The SMILES string of the molecule is Nc1ccc(OC(=O)OCCSSCCOC(=O)N2CCC(=C3c4ccc(I)cc4CCc4cccnc43)CC2)cc1. The van der Waals surface area contributed by atoms with Gasteiger partial charge in [0.2, 0.25) is 0 Å². The molecule has 1 aliphatic heterocycles. The summed E-state index contributed by atoms with van der Waals surface area (Å²) in [6.07, 6.45) is 4.44. The zero-order valence-electron chi connectivity index (χ0n) is 23.1. The van der Waals surface area contributed by atoms with Crippen molar-refractivity contribution in [3.8, 4) is 5.75 Å². The number of fused-ring (bicyclic) bond motifs is 2. The van der Waals surface area contributed by atoms with Crippen LogP contribution in [0.25, 0.3) is 5.57 Å². The van der Waals surface area contributed by atoms with Crippen molar-refractivity contribution in [2.75, 3.05) is 43.5 Å². The van der Waals surface area contributed by atoms with E-state index in [4.69, 9.17) is 24.9 Å². The molecule has 2 aliphatic rings. The molecule has 42 heavy (non-hydrogen) atoms. The summed E-state index contributed by atoms with van der Waals surface area (Å²) in [5.74, 6) is 1.62. The zero-order valence-corrected chi connectivity index (χ0v) is 26.8. The van der Waals surface area contributed by atoms with Gasteiger partial charge < -0.3 is 24.8 Å². The Bertz CT molecular complexity index is 1440. The van der Waals surface area contributed by atoms with Crippen LogP contribution in [0, 0.1) is 3.57 Å². The van der Waals surface area contributed by atoms with Gasteiger partial charge in [-0.15, -0.1) is 0 Å². The molecule has 11 heteroatoms. The predicted octanol–water partition coefficient (Wildman–Crippen LogP) is 7.00. The Morgan fingerprint density at radius 2 is 1.62 bits per heavy atom. The second kappa shape index (κ2) is 15.0. The van der Waals surface area contributed by atoms with E-state index in [1.807, 2.05) is 12.3 Å². The number of piperidine rings is 1. The number of nitrogen functional groups attached to an aromatic ring is 1.